The van der Waals surface area contributed by atoms with E-state index < -0.39 is 0 Å². The average Bonchev–Trinajstić information content (AvgIpc) is 2.38. The minimum Gasteiger partial charge on any atom is -0.398 e. The van der Waals surface area contributed by atoms with E-state index >= 15 is 0 Å². The normalized spacial score (nSPS) is 10.8. The van der Waals surface area contributed by atoms with Crippen LogP contribution in [0.2, 0.25) is 0 Å². The van der Waals surface area contributed by atoms with Crippen LogP contribution in [0.15, 0.2) is 36.4 Å². The Kier molecular flexibility index (Phi) is 4.08. The van der Waals surface area contributed by atoms with Crippen LogP contribution in [0.1, 0.15) is 26.7 Å². The molecule has 2 heteroatoms. The fourth-order valence-corrected chi connectivity index (χ4v) is 2.51. The molecule has 0 aromatic heterocycles. The maximum atomic E-state index is 6.16. The van der Waals surface area contributed by atoms with Crippen LogP contribution in [-0.2, 0) is 0 Å². The molecule has 0 spiro atoms. The summed E-state index contributed by atoms with van der Waals surface area (Å²) < 4.78 is 0. The van der Waals surface area contributed by atoms with Gasteiger partial charge in [-0.1, -0.05) is 38.1 Å². The number of benzene rings is 2. The number of anilines is 2. The first kappa shape index (κ1) is 12.7. The second-order valence-corrected chi connectivity index (χ2v) is 4.71. The zero-order valence-electron chi connectivity index (χ0n) is 11.3. The molecule has 0 amide bonds. The van der Waals surface area contributed by atoms with Crippen LogP contribution in [0.5, 0.6) is 0 Å². The van der Waals surface area contributed by atoms with E-state index in [1.54, 1.807) is 0 Å². The van der Waals surface area contributed by atoms with Gasteiger partial charge in [-0.2, -0.15) is 0 Å². The largest absolute Gasteiger partial charge is 0.398 e. The van der Waals surface area contributed by atoms with Gasteiger partial charge in [0.15, 0.2) is 0 Å². The van der Waals surface area contributed by atoms with Crippen molar-refractivity contribution in [2.24, 2.45) is 0 Å². The van der Waals surface area contributed by atoms with E-state index in [2.05, 4.69) is 43.0 Å². The van der Waals surface area contributed by atoms with Crippen molar-refractivity contribution in [3.8, 4) is 0 Å². The topological polar surface area (TPSA) is 29.3 Å². The Hall–Kier alpha value is -1.70. The monoisotopic (exact) mass is 242 g/mol. The Bertz CT molecular complexity index is 508. The van der Waals surface area contributed by atoms with Gasteiger partial charge in [0.05, 0.1) is 0 Å². The number of hydrogen-bond acceptors (Lipinski definition) is 2. The highest BCUT2D eigenvalue weighted by atomic mass is 15.1. The lowest BCUT2D eigenvalue weighted by molar-refractivity contribution is 0.747. The smallest absolute Gasteiger partial charge is 0.0466 e. The van der Waals surface area contributed by atoms with Gasteiger partial charge in [0.25, 0.3) is 0 Å². The van der Waals surface area contributed by atoms with Crippen molar-refractivity contribution in [3.05, 3.63) is 36.4 Å². The summed E-state index contributed by atoms with van der Waals surface area (Å²) in [6.45, 7) is 6.61. The molecule has 18 heavy (non-hydrogen) atoms. The first-order chi connectivity index (χ1) is 8.77. The molecule has 0 aliphatic rings. The summed E-state index contributed by atoms with van der Waals surface area (Å²) in [6.07, 6.45) is 2.31. The van der Waals surface area contributed by atoms with Gasteiger partial charge in [0.2, 0.25) is 0 Å². The Labute approximate surface area is 109 Å². The molecular weight excluding hydrogens is 220 g/mol. The molecule has 0 atom stereocenters. The number of nitrogens with zero attached hydrogens (tertiary/aromatic N) is 1. The van der Waals surface area contributed by atoms with Crippen LogP contribution in [-0.4, -0.2) is 13.1 Å². The number of rotatable bonds is 5. The van der Waals surface area contributed by atoms with Gasteiger partial charge in [-0.25, -0.2) is 0 Å². The lowest BCUT2D eigenvalue weighted by Crippen LogP contribution is -2.25. The van der Waals surface area contributed by atoms with E-state index in [4.69, 9.17) is 5.73 Å². The molecule has 2 aromatic rings. The molecule has 0 radical (unpaired) electrons. The molecule has 0 bridgehead atoms. The molecule has 0 unspecified atom stereocenters. The fraction of sp³-hybridized carbons (Fsp3) is 0.375. The Balaban J connectivity index is 2.54. The Morgan fingerprint density at radius 3 is 2.17 bits per heavy atom. The summed E-state index contributed by atoms with van der Waals surface area (Å²) in [6, 6.07) is 12.6. The van der Waals surface area contributed by atoms with E-state index in [0.29, 0.717) is 0 Å². The minimum absolute atomic E-state index is 0.875. The molecule has 2 N–H and O–H groups in total. The zero-order valence-corrected chi connectivity index (χ0v) is 11.3. The van der Waals surface area contributed by atoms with Crippen molar-refractivity contribution in [2.75, 3.05) is 23.7 Å². The summed E-state index contributed by atoms with van der Waals surface area (Å²) in [4.78, 5) is 2.44. The molecule has 0 aliphatic heterocycles. The summed E-state index contributed by atoms with van der Waals surface area (Å²) in [5.74, 6) is 0. The molecule has 2 rings (SSSR count). The highest BCUT2D eigenvalue weighted by Crippen LogP contribution is 2.31. The molecule has 0 heterocycles. The zero-order chi connectivity index (χ0) is 13.0. The maximum absolute atomic E-state index is 6.16. The minimum atomic E-state index is 0.875. The van der Waals surface area contributed by atoms with Gasteiger partial charge >= 0.3 is 0 Å². The lowest BCUT2D eigenvalue weighted by atomic mass is 10.1. The highest BCUT2D eigenvalue weighted by molar-refractivity contribution is 6.02. The second kappa shape index (κ2) is 5.76. The van der Waals surface area contributed by atoms with Crippen molar-refractivity contribution >= 4 is 22.1 Å². The maximum Gasteiger partial charge on any atom is 0.0466 e. The van der Waals surface area contributed by atoms with Gasteiger partial charge < -0.3 is 10.6 Å². The van der Waals surface area contributed by atoms with Crippen molar-refractivity contribution in [1.29, 1.82) is 0 Å². The summed E-state index contributed by atoms with van der Waals surface area (Å²) >= 11 is 0. The van der Waals surface area contributed by atoms with Crippen molar-refractivity contribution in [1.82, 2.24) is 0 Å². The molecule has 2 aromatic carbocycles. The van der Waals surface area contributed by atoms with E-state index in [1.807, 2.05) is 12.1 Å². The van der Waals surface area contributed by atoms with Crippen molar-refractivity contribution < 1.29 is 0 Å². The van der Waals surface area contributed by atoms with Crippen LogP contribution in [0.4, 0.5) is 11.4 Å². The number of hydrogen-bond donors (Lipinski definition) is 1. The van der Waals surface area contributed by atoms with Crippen LogP contribution in [0.3, 0.4) is 0 Å². The van der Waals surface area contributed by atoms with Crippen LogP contribution in [0, 0.1) is 0 Å². The molecule has 96 valence electrons. The van der Waals surface area contributed by atoms with E-state index in [9.17, 15) is 0 Å². The van der Waals surface area contributed by atoms with Crippen molar-refractivity contribution in [2.45, 2.75) is 26.7 Å². The first-order valence-electron chi connectivity index (χ1n) is 6.80. The lowest BCUT2D eigenvalue weighted by Gasteiger charge is -2.25. The van der Waals surface area contributed by atoms with Crippen LogP contribution in [0.25, 0.3) is 10.8 Å². The first-order valence-corrected chi connectivity index (χ1v) is 6.80. The molecule has 0 fully saturated rings. The molecular formula is C16H22N2. The molecule has 2 nitrogen and oxygen atoms in total. The van der Waals surface area contributed by atoms with E-state index in [-0.39, 0.29) is 0 Å². The number of nitrogens with two attached hydrogens (primary N) is 1. The summed E-state index contributed by atoms with van der Waals surface area (Å²) in [7, 11) is 0. The molecule has 0 saturated heterocycles. The SMILES string of the molecule is CCCN(CCC)c1cccc2cccc(N)c12. The number of nitrogen functional groups attached to an aromatic ring is 1. The summed E-state index contributed by atoms with van der Waals surface area (Å²) in [5, 5.41) is 2.42. The molecule has 0 aliphatic carbocycles. The third-order valence-electron chi connectivity index (χ3n) is 3.24. The average molecular weight is 242 g/mol. The third-order valence-corrected chi connectivity index (χ3v) is 3.24. The van der Waals surface area contributed by atoms with Gasteiger partial charge in [-0.3, -0.25) is 0 Å². The predicted octanol–water partition coefficient (Wildman–Crippen LogP) is 4.05. The Morgan fingerprint density at radius 1 is 0.944 bits per heavy atom. The molecule has 0 saturated carbocycles. The Morgan fingerprint density at radius 2 is 1.56 bits per heavy atom. The van der Waals surface area contributed by atoms with Crippen LogP contribution < -0.4 is 10.6 Å². The highest BCUT2D eigenvalue weighted by Gasteiger charge is 2.10. The van der Waals surface area contributed by atoms with Crippen LogP contribution >= 0.6 is 0 Å². The quantitative estimate of drug-likeness (QED) is 0.801. The van der Waals surface area contributed by atoms with Crippen molar-refractivity contribution in [3.63, 3.8) is 0 Å². The second-order valence-electron chi connectivity index (χ2n) is 4.71. The standard InChI is InChI=1S/C16H22N2/c1-3-11-18(12-4-2)15-10-6-8-13-7-5-9-14(17)16(13)15/h5-10H,3-4,11-12,17H2,1-2H3. The summed E-state index contributed by atoms with van der Waals surface area (Å²) in [5.41, 5.74) is 8.31. The van der Waals surface area contributed by atoms with Gasteiger partial charge in [-0.05, 0) is 30.4 Å². The number of fused-ring (bicyclic) bond motifs is 1. The van der Waals surface area contributed by atoms with E-state index in [1.165, 1.54) is 16.5 Å². The van der Waals surface area contributed by atoms with Gasteiger partial charge in [-0.15, -0.1) is 0 Å². The van der Waals surface area contributed by atoms with Gasteiger partial charge in [0.1, 0.15) is 0 Å². The van der Waals surface area contributed by atoms with Gasteiger partial charge in [0, 0.05) is 29.9 Å². The predicted molar refractivity (Wildman–Crippen MR) is 81.2 cm³/mol. The van der Waals surface area contributed by atoms with E-state index in [0.717, 1.165) is 31.6 Å². The third kappa shape index (κ3) is 2.42. The fourth-order valence-electron chi connectivity index (χ4n) is 2.51.